The Labute approximate surface area is 84.7 Å². The minimum absolute atomic E-state index is 0. The summed E-state index contributed by atoms with van der Waals surface area (Å²) in [7, 11) is 0. The van der Waals surface area contributed by atoms with Gasteiger partial charge in [0.25, 0.3) is 0 Å². The van der Waals surface area contributed by atoms with E-state index >= 15 is 0 Å². The molecule has 0 aromatic carbocycles. The second-order valence-corrected chi connectivity index (χ2v) is 3.32. The van der Waals surface area contributed by atoms with Crippen LogP contribution in [0.5, 0.6) is 0 Å². The highest BCUT2D eigenvalue weighted by Crippen LogP contribution is 2.27. The Morgan fingerprint density at radius 1 is 1.69 bits per heavy atom. The van der Waals surface area contributed by atoms with Crippen LogP contribution in [0.15, 0.2) is 12.1 Å². The zero-order valence-corrected chi connectivity index (χ0v) is 8.18. The highest BCUT2D eigenvalue weighted by atomic mass is 35.5. The monoisotopic (exact) mass is 224 g/mol. The summed E-state index contributed by atoms with van der Waals surface area (Å²) in [4.78, 5) is 10.4. The van der Waals surface area contributed by atoms with Crippen LogP contribution in [-0.4, -0.2) is 16.6 Å². The number of nitro groups is 1. The van der Waals surface area contributed by atoms with Crippen LogP contribution in [0, 0.1) is 10.1 Å². The molecule has 0 bridgehead atoms. The molecule has 0 fully saturated rings. The Balaban J connectivity index is 0.00000144. The second kappa shape index (κ2) is 5.13. The third kappa shape index (κ3) is 2.92. The van der Waals surface area contributed by atoms with E-state index in [4.69, 9.17) is 10.8 Å². The summed E-state index contributed by atoms with van der Waals surface area (Å²) in [6.45, 7) is -0.197. The van der Waals surface area contributed by atoms with Gasteiger partial charge in [-0.1, -0.05) is 11.3 Å². The van der Waals surface area contributed by atoms with Crippen molar-refractivity contribution < 1.29 is 10.0 Å². The first-order valence-corrected chi connectivity index (χ1v) is 4.07. The number of aliphatic hydroxyl groups is 1. The molecule has 3 N–H and O–H groups in total. The van der Waals surface area contributed by atoms with E-state index in [9.17, 15) is 10.1 Å². The highest BCUT2D eigenvalue weighted by Gasteiger charge is 2.13. The maximum absolute atomic E-state index is 10.2. The predicted molar refractivity (Wildman–Crippen MR) is 52.2 cm³/mol. The van der Waals surface area contributed by atoms with E-state index in [1.165, 1.54) is 6.07 Å². The Morgan fingerprint density at radius 3 is 2.69 bits per heavy atom. The van der Waals surface area contributed by atoms with Crippen LogP contribution in [0.2, 0.25) is 0 Å². The van der Waals surface area contributed by atoms with Gasteiger partial charge in [-0.15, -0.1) is 12.4 Å². The van der Waals surface area contributed by atoms with Crippen molar-refractivity contribution in [2.24, 2.45) is 5.73 Å². The number of hydrogen-bond acceptors (Lipinski definition) is 5. The molecule has 0 radical (unpaired) electrons. The molecular weight excluding hydrogens is 216 g/mol. The van der Waals surface area contributed by atoms with Crippen molar-refractivity contribution in [1.82, 2.24) is 0 Å². The van der Waals surface area contributed by atoms with Gasteiger partial charge < -0.3 is 10.8 Å². The largest absolute Gasteiger partial charge is 0.394 e. The van der Waals surface area contributed by atoms with Gasteiger partial charge in [-0.25, -0.2) is 0 Å². The lowest BCUT2D eigenvalue weighted by atomic mass is 10.3. The van der Waals surface area contributed by atoms with Crippen molar-refractivity contribution in [3.63, 3.8) is 0 Å². The zero-order chi connectivity index (χ0) is 9.14. The number of nitrogens with zero attached hydrogens (tertiary/aromatic N) is 1. The molecule has 0 aliphatic carbocycles. The lowest BCUT2D eigenvalue weighted by Gasteiger charge is -2.01. The van der Waals surface area contributed by atoms with Gasteiger partial charge in [0.15, 0.2) is 0 Å². The van der Waals surface area contributed by atoms with Crippen molar-refractivity contribution in [2.75, 3.05) is 6.61 Å². The highest BCUT2D eigenvalue weighted by molar-refractivity contribution is 7.15. The number of hydrogen-bond donors (Lipinski definition) is 2. The van der Waals surface area contributed by atoms with Crippen LogP contribution in [0.25, 0.3) is 0 Å². The van der Waals surface area contributed by atoms with Crippen molar-refractivity contribution >= 4 is 28.7 Å². The van der Waals surface area contributed by atoms with Crippen LogP contribution in [0.3, 0.4) is 0 Å². The number of thiophene rings is 1. The molecule has 13 heavy (non-hydrogen) atoms. The van der Waals surface area contributed by atoms with Gasteiger partial charge in [0.05, 0.1) is 17.6 Å². The lowest BCUT2D eigenvalue weighted by Crippen LogP contribution is -2.12. The number of aliphatic hydroxyl groups excluding tert-OH is 1. The van der Waals surface area contributed by atoms with Crippen LogP contribution in [0.4, 0.5) is 5.00 Å². The van der Waals surface area contributed by atoms with Gasteiger partial charge in [0.2, 0.25) is 0 Å². The normalized spacial score (nSPS) is 11.8. The Hall–Kier alpha value is -0.690. The third-order valence-electron chi connectivity index (χ3n) is 1.35. The topological polar surface area (TPSA) is 89.4 Å². The minimum atomic E-state index is -0.510. The van der Waals surface area contributed by atoms with Crippen molar-refractivity contribution in [3.8, 4) is 0 Å². The van der Waals surface area contributed by atoms with Crippen LogP contribution >= 0.6 is 23.7 Å². The molecule has 0 aliphatic heterocycles. The first kappa shape index (κ1) is 12.3. The molecular formula is C6H9ClN2O3S. The lowest BCUT2D eigenvalue weighted by molar-refractivity contribution is -0.380. The molecule has 0 saturated heterocycles. The minimum Gasteiger partial charge on any atom is -0.394 e. The molecule has 74 valence electrons. The van der Waals surface area contributed by atoms with Gasteiger partial charge in [-0.05, 0) is 6.07 Å². The van der Waals surface area contributed by atoms with E-state index in [0.717, 1.165) is 11.3 Å². The summed E-state index contributed by atoms with van der Waals surface area (Å²) < 4.78 is 0. The van der Waals surface area contributed by atoms with E-state index in [0.29, 0.717) is 4.88 Å². The molecule has 0 saturated carbocycles. The summed E-state index contributed by atoms with van der Waals surface area (Å²) in [6, 6.07) is 2.43. The van der Waals surface area contributed by atoms with Crippen molar-refractivity contribution in [1.29, 1.82) is 0 Å². The molecule has 1 atom stereocenters. The maximum Gasteiger partial charge on any atom is 0.324 e. The summed E-state index contributed by atoms with van der Waals surface area (Å²) in [6.07, 6.45) is 0. The molecule has 1 heterocycles. The quantitative estimate of drug-likeness (QED) is 0.594. The summed E-state index contributed by atoms with van der Waals surface area (Å²) in [5.41, 5.74) is 5.45. The standard InChI is InChI=1S/C6H8N2O3S.ClH/c7-4(3-9)5-1-2-6(12-5)8(10)11;/h1-2,4,9H,3,7H2;1H/t4-;/m0./s1. The van der Waals surface area contributed by atoms with Crippen LogP contribution in [0.1, 0.15) is 10.9 Å². The molecule has 5 nitrogen and oxygen atoms in total. The fraction of sp³-hybridized carbons (Fsp3) is 0.333. The number of nitrogens with two attached hydrogens (primary N) is 1. The molecule has 1 rings (SSSR count). The van der Waals surface area contributed by atoms with E-state index in [2.05, 4.69) is 0 Å². The van der Waals surface area contributed by atoms with E-state index < -0.39 is 11.0 Å². The summed E-state index contributed by atoms with van der Waals surface area (Å²) in [5, 5.41) is 18.9. The average molecular weight is 225 g/mol. The second-order valence-electron chi connectivity index (χ2n) is 2.22. The maximum atomic E-state index is 10.2. The van der Waals surface area contributed by atoms with Crippen molar-refractivity contribution in [3.05, 3.63) is 27.1 Å². The molecule has 1 aromatic rings. The van der Waals surface area contributed by atoms with Crippen LogP contribution in [-0.2, 0) is 0 Å². The number of rotatable bonds is 3. The summed E-state index contributed by atoms with van der Waals surface area (Å²) in [5.74, 6) is 0. The Kier molecular flexibility index (Phi) is 4.86. The van der Waals surface area contributed by atoms with Gasteiger partial charge in [-0.2, -0.15) is 0 Å². The number of halogens is 1. The van der Waals surface area contributed by atoms with Crippen LogP contribution < -0.4 is 5.73 Å². The van der Waals surface area contributed by atoms with Gasteiger partial charge in [0.1, 0.15) is 0 Å². The SMILES string of the molecule is Cl.N[C@@H](CO)c1ccc([N+](=O)[O-])s1. The fourth-order valence-corrected chi connectivity index (χ4v) is 1.54. The van der Waals surface area contributed by atoms with Gasteiger partial charge in [0, 0.05) is 10.9 Å². The first-order valence-electron chi connectivity index (χ1n) is 3.25. The third-order valence-corrected chi connectivity index (χ3v) is 2.52. The predicted octanol–water partition coefficient (Wildman–Crippen LogP) is 1.07. The van der Waals surface area contributed by atoms with Gasteiger partial charge >= 0.3 is 5.00 Å². The smallest absolute Gasteiger partial charge is 0.324 e. The van der Waals surface area contributed by atoms with E-state index in [1.807, 2.05) is 0 Å². The Morgan fingerprint density at radius 2 is 2.31 bits per heavy atom. The zero-order valence-electron chi connectivity index (χ0n) is 6.54. The fourth-order valence-electron chi connectivity index (χ4n) is 0.730. The molecule has 0 unspecified atom stereocenters. The molecule has 0 amide bonds. The molecule has 0 spiro atoms. The van der Waals surface area contributed by atoms with Gasteiger partial charge in [-0.3, -0.25) is 10.1 Å². The molecule has 0 aliphatic rings. The summed E-state index contributed by atoms with van der Waals surface area (Å²) >= 11 is 0.990. The molecule has 1 aromatic heterocycles. The van der Waals surface area contributed by atoms with Crippen molar-refractivity contribution in [2.45, 2.75) is 6.04 Å². The Bertz CT molecular complexity index is 291. The molecule has 7 heteroatoms. The van der Waals surface area contributed by atoms with E-state index in [-0.39, 0.29) is 24.0 Å². The first-order chi connectivity index (χ1) is 5.65. The van der Waals surface area contributed by atoms with E-state index in [1.54, 1.807) is 6.07 Å². The average Bonchev–Trinajstić information content (AvgIpc) is 2.51.